The first-order valence-corrected chi connectivity index (χ1v) is 8.14. The first kappa shape index (κ1) is 16.7. The Bertz CT molecular complexity index is 934. The topological polar surface area (TPSA) is 49.4 Å². The van der Waals surface area contributed by atoms with E-state index in [1.165, 1.54) is 12.3 Å². The second kappa shape index (κ2) is 7.18. The summed E-state index contributed by atoms with van der Waals surface area (Å²) in [4.78, 5) is 25.9. The number of amides is 1. The van der Waals surface area contributed by atoms with E-state index in [-0.39, 0.29) is 18.2 Å². The summed E-state index contributed by atoms with van der Waals surface area (Å²) in [6.07, 6.45) is 0. The van der Waals surface area contributed by atoms with E-state index >= 15 is 0 Å². The van der Waals surface area contributed by atoms with E-state index in [2.05, 4.69) is 23.5 Å². The predicted molar refractivity (Wildman–Crippen MR) is 102 cm³/mol. The highest BCUT2D eigenvalue weighted by molar-refractivity contribution is 6.04. The summed E-state index contributed by atoms with van der Waals surface area (Å²) in [5.74, 6) is -0.233. The van der Waals surface area contributed by atoms with Crippen molar-refractivity contribution in [1.82, 2.24) is 0 Å². The maximum atomic E-state index is 12.4. The number of Topliss-reactive ketones (excluding diaryl/α,β-unsaturated/α-hetero) is 1. The minimum Gasteiger partial charge on any atom is -0.365 e. The molecule has 0 saturated heterocycles. The Labute approximate surface area is 147 Å². The Balaban J connectivity index is 1.73. The van der Waals surface area contributed by atoms with E-state index in [9.17, 15) is 9.59 Å². The van der Waals surface area contributed by atoms with Crippen LogP contribution in [0, 0.1) is 0 Å². The van der Waals surface area contributed by atoms with Crippen LogP contribution in [-0.4, -0.2) is 25.3 Å². The predicted octanol–water partition coefficient (Wildman–Crippen LogP) is 4.12. The van der Waals surface area contributed by atoms with Crippen LogP contribution in [0.25, 0.3) is 10.8 Å². The molecule has 0 aliphatic rings. The van der Waals surface area contributed by atoms with Gasteiger partial charge in [0.1, 0.15) is 0 Å². The van der Waals surface area contributed by atoms with Gasteiger partial charge < -0.3 is 10.2 Å². The van der Waals surface area contributed by atoms with Crippen LogP contribution in [0.5, 0.6) is 0 Å². The molecule has 3 aromatic rings. The molecule has 0 atom stereocenters. The smallest absolute Gasteiger partial charge is 0.243 e. The number of hydrogen-bond acceptors (Lipinski definition) is 3. The van der Waals surface area contributed by atoms with Gasteiger partial charge in [0, 0.05) is 18.3 Å². The van der Waals surface area contributed by atoms with Crippen LogP contribution in [0.1, 0.15) is 17.3 Å². The number of para-hydroxylation sites is 1. The Hall–Kier alpha value is -3.14. The lowest BCUT2D eigenvalue weighted by Gasteiger charge is -2.20. The van der Waals surface area contributed by atoms with Gasteiger partial charge in [-0.15, -0.1) is 0 Å². The Morgan fingerprint density at radius 2 is 1.60 bits per heavy atom. The highest BCUT2D eigenvalue weighted by atomic mass is 16.2. The highest BCUT2D eigenvalue weighted by Crippen LogP contribution is 2.21. The van der Waals surface area contributed by atoms with Gasteiger partial charge in [-0.05, 0) is 42.0 Å². The first-order valence-electron chi connectivity index (χ1n) is 8.14. The van der Waals surface area contributed by atoms with Crippen molar-refractivity contribution in [3.8, 4) is 0 Å². The molecular weight excluding hydrogens is 312 g/mol. The zero-order valence-electron chi connectivity index (χ0n) is 14.3. The number of rotatable bonds is 5. The van der Waals surface area contributed by atoms with Crippen LogP contribution in [0.3, 0.4) is 0 Å². The van der Waals surface area contributed by atoms with Crippen LogP contribution in [0.15, 0.2) is 66.7 Å². The molecule has 25 heavy (non-hydrogen) atoms. The number of likely N-dealkylation sites (N-methyl/N-ethyl adjacent to an activating group) is 1. The van der Waals surface area contributed by atoms with Gasteiger partial charge in [-0.3, -0.25) is 9.59 Å². The van der Waals surface area contributed by atoms with Gasteiger partial charge in [-0.25, -0.2) is 0 Å². The molecule has 0 aliphatic carbocycles. The van der Waals surface area contributed by atoms with Crippen LogP contribution in [-0.2, 0) is 4.79 Å². The number of nitrogens with one attached hydrogen (secondary N) is 1. The average Bonchev–Trinajstić information content (AvgIpc) is 2.61. The van der Waals surface area contributed by atoms with Crippen molar-refractivity contribution in [2.45, 2.75) is 6.92 Å². The van der Waals surface area contributed by atoms with Crippen molar-refractivity contribution in [3.05, 3.63) is 72.3 Å². The van der Waals surface area contributed by atoms with Gasteiger partial charge in [0.05, 0.1) is 12.2 Å². The van der Waals surface area contributed by atoms with Crippen molar-refractivity contribution in [2.24, 2.45) is 0 Å². The number of ketones is 1. The van der Waals surface area contributed by atoms with Crippen LogP contribution >= 0.6 is 0 Å². The van der Waals surface area contributed by atoms with Crippen molar-refractivity contribution < 1.29 is 9.59 Å². The van der Waals surface area contributed by atoms with Crippen LogP contribution in [0.4, 0.5) is 11.4 Å². The molecule has 3 aromatic carbocycles. The molecule has 0 heterocycles. The molecule has 0 radical (unpaired) electrons. The number of anilines is 2. The number of benzene rings is 3. The monoisotopic (exact) mass is 332 g/mol. The average molecular weight is 332 g/mol. The molecule has 0 unspecified atom stereocenters. The quantitative estimate of drug-likeness (QED) is 0.715. The first-order chi connectivity index (χ1) is 12.0. The Morgan fingerprint density at radius 1 is 0.920 bits per heavy atom. The largest absolute Gasteiger partial charge is 0.365 e. The van der Waals surface area contributed by atoms with Crippen molar-refractivity contribution in [2.75, 3.05) is 23.8 Å². The SMILES string of the molecule is CC(=O)c1ccccc1NC(=O)CN(C)c1ccc2ccccc2c1. The molecule has 0 saturated carbocycles. The Morgan fingerprint density at radius 3 is 2.36 bits per heavy atom. The summed E-state index contributed by atoms with van der Waals surface area (Å²) >= 11 is 0. The second-order valence-electron chi connectivity index (χ2n) is 6.04. The molecule has 126 valence electrons. The molecule has 4 nitrogen and oxygen atoms in total. The summed E-state index contributed by atoms with van der Waals surface area (Å²) in [5.41, 5.74) is 2.03. The normalized spacial score (nSPS) is 10.5. The molecule has 4 heteroatoms. The fourth-order valence-corrected chi connectivity index (χ4v) is 2.81. The maximum absolute atomic E-state index is 12.4. The fourth-order valence-electron chi connectivity index (χ4n) is 2.81. The van der Waals surface area contributed by atoms with E-state index < -0.39 is 0 Å². The minimum atomic E-state index is -0.163. The minimum absolute atomic E-state index is 0.0706. The molecule has 0 bridgehead atoms. The summed E-state index contributed by atoms with van der Waals surface area (Å²) in [6.45, 7) is 1.69. The number of nitrogens with zero attached hydrogens (tertiary/aromatic N) is 1. The van der Waals surface area contributed by atoms with Gasteiger partial charge in [0.2, 0.25) is 5.91 Å². The third kappa shape index (κ3) is 3.86. The molecule has 1 N–H and O–H groups in total. The zero-order valence-corrected chi connectivity index (χ0v) is 14.3. The molecular formula is C21H20N2O2. The summed E-state index contributed by atoms with van der Waals surface area (Å²) < 4.78 is 0. The molecule has 0 aliphatic heterocycles. The molecule has 3 rings (SSSR count). The number of hydrogen-bond donors (Lipinski definition) is 1. The van der Waals surface area contributed by atoms with E-state index in [0.717, 1.165) is 11.1 Å². The van der Waals surface area contributed by atoms with Gasteiger partial charge in [-0.2, -0.15) is 0 Å². The fraction of sp³-hybridized carbons (Fsp3) is 0.143. The van der Waals surface area contributed by atoms with Crippen molar-refractivity contribution in [1.29, 1.82) is 0 Å². The lowest BCUT2D eigenvalue weighted by atomic mass is 10.1. The standard InChI is InChI=1S/C21H20N2O2/c1-15(24)19-9-5-6-10-20(19)22-21(25)14-23(2)18-12-11-16-7-3-4-8-17(16)13-18/h3-13H,14H2,1-2H3,(H,22,25). The third-order valence-electron chi connectivity index (χ3n) is 4.14. The van der Waals surface area contributed by atoms with Gasteiger partial charge >= 0.3 is 0 Å². The van der Waals surface area contributed by atoms with E-state index in [4.69, 9.17) is 0 Å². The zero-order chi connectivity index (χ0) is 17.8. The van der Waals surface area contributed by atoms with Gasteiger partial charge in [-0.1, -0.05) is 42.5 Å². The molecule has 0 spiro atoms. The third-order valence-corrected chi connectivity index (χ3v) is 4.14. The van der Waals surface area contributed by atoms with Crippen LogP contribution < -0.4 is 10.2 Å². The lowest BCUT2D eigenvalue weighted by molar-refractivity contribution is -0.114. The number of carbonyl (C=O) groups is 2. The highest BCUT2D eigenvalue weighted by Gasteiger charge is 2.12. The van der Waals surface area contributed by atoms with Crippen molar-refractivity contribution >= 4 is 33.8 Å². The van der Waals surface area contributed by atoms with Crippen molar-refractivity contribution in [3.63, 3.8) is 0 Å². The second-order valence-corrected chi connectivity index (χ2v) is 6.04. The van der Waals surface area contributed by atoms with E-state index in [1.807, 2.05) is 36.2 Å². The molecule has 1 amide bonds. The number of fused-ring (bicyclic) bond motifs is 1. The molecule has 0 fully saturated rings. The summed E-state index contributed by atoms with van der Waals surface area (Å²) in [7, 11) is 1.88. The maximum Gasteiger partial charge on any atom is 0.243 e. The van der Waals surface area contributed by atoms with E-state index in [1.54, 1.807) is 24.3 Å². The molecule has 0 aromatic heterocycles. The van der Waals surface area contributed by atoms with E-state index in [0.29, 0.717) is 11.3 Å². The number of carbonyl (C=O) groups excluding carboxylic acids is 2. The summed E-state index contributed by atoms with van der Waals surface area (Å²) in [5, 5.41) is 5.13. The summed E-state index contributed by atoms with van der Waals surface area (Å²) in [6, 6.07) is 21.3. The Kier molecular flexibility index (Phi) is 4.80. The van der Waals surface area contributed by atoms with Gasteiger partial charge in [0.25, 0.3) is 0 Å². The lowest BCUT2D eigenvalue weighted by Crippen LogP contribution is -2.30. The van der Waals surface area contributed by atoms with Crippen LogP contribution in [0.2, 0.25) is 0 Å². The van der Waals surface area contributed by atoms with Gasteiger partial charge in [0.15, 0.2) is 5.78 Å².